The molecule has 2 rings (SSSR count). The first-order valence-corrected chi connectivity index (χ1v) is 6.55. The molecular weight excluding hydrogens is 210 g/mol. The van der Waals surface area contributed by atoms with Gasteiger partial charge in [0.15, 0.2) is 0 Å². The first kappa shape index (κ1) is 12.5. The number of aromatic nitrogens is 1. The Morgan fingerprint density at radius 1 is 1.47 bits per heavy atom. The molecule has 17 heavy (non-hydrogen) atoms. The lowest BCUT2D eigenvalue weighted by atomic mass is 10.1. The van der Waals surface area contributed by atoms with Crippen LogP contribution in [0.3, 0.4) is 0 Å². The first-order valence-electron chi connectivity index (χ1n) is 6.55. The van der Waals surface area contributed by atoms with E-state index in [4.69, 9.17) is 0 Å². The number of piperazine rings is 1. The van der Waals surface area contributed by atoms with Crippen LogP contribution in [0, 0.1) is 0 Å². The minimum atomic E-state index is 0.566. The van der Waals surface area contributed by atoms with Crippen molar-refractivity contribution in [3.63, 3.8) is 0 Å². The second-order valence-electron chi connectivity index (χ2n) is 5.33. The predicted molar refractivity (Wildman–Crippen MR) is 71.1 cm³/mol. The van der Waals surface area contributed by atoms with E-state index < -0.39 is 0 Å². The zero-order chi connectivity index (χ0) is 12.3. The number of nitrogens with one attached hydrogen (secondary N) is 1. The van der Waals surface area contributed by atoms with Crippen molar-refractivity contribution in [1.82, 2.24) is 15.2 Å². The molecule has 1 saturated heterocycles. The van der Waals surface area contributed by atoms with E-state index in [0.29, 0.717) is 12.0 Å². The SMILES string of the molecule is CC1CN(Cc2ccc(C(C)C)cn2)CCN1. The van der Waals surface area contributed by atoms with Crippen molar-refractivity contribution in [2.45, 2.75) is 39.3 Å². The molecule has 0 amide bonds. The molecular formula is C14H23N3. The lowest BCUT2D eigenvalue weighted by molar-refractivity contribution is 0.197. The molecule has 1 unspecified atom stereocenters. The van der Waals surface area contributed by atoms with Crippen molar-refractivity contribution >= 4 is 0 Å². The van der Waals surface area contributed by atoms with Crippen LogP contribution in [-0.2, 0) is 6.54 Å². The molecule has 0 aliphatic carbocycles. The Kier molecular flexibility index (Phi) is 4.13. The van der Waals surface area contributed by atoms with Crippen LogP contribution in [0.4, 0.5) is 0 Å². The van der Waals surface area contributed by atoms with Gasteiger partial charge < -0.3 is 5.32 Å². The lowest BCUT2D eigenvalue weighted by Gasteiger charge is -2.31. The van der Waals surface area contributed by atoms with Gasteiger partial charge in [-0.05, 0) is 24.5 Å². The van der Waals surface area contributed by atoms with Crippen molar-refractivity contribution in [1.29, 1.82) is 0 Å². The topological polar surface area (TPSA) is 28.2 Å². The van der Waals surface area contributed by atoms with Gasteiger partial charge in [0, 0.05) is 38.4 Å². The van der Waals surface area contributed by atoms with E-state index in [1.807, 2.05) is 6.20 Å². The molecule has 1 aromatic heterocycles. The van der Waals surface area contributed by atoms with Gasteiger partial charge in [0.05, 0.1) is 5.69 Å². The monoisotopic (exact) mass is 233 g/mol. The summed E-state index contributed by atoms with van der Waals surface area (Å²) in [6.07, 6.45) is 2.02. The maximum atomic E-state index is 4.56. The number of nitrogens with zero attached hydrogens (tertiary/aromatic N) is 2. The number of rotatable bonds is 3. The van der Waals surface area contributed by atoms with Crippen LogP contribution in [0.15, 0.2) is 18.3 Å². The normalized spacial score (nSPS) is 22.0. The standard InChI is InChI=1S/C14H23N3/c1-11(2)13-4-5-14(16-8-13)10-17-7-6-15-12(3)9-17/h4-5,8,11-12,15H,6-7,9-10H2,1-3H3. The molecule has 0 saturated carbocycles. The summed E-state index contributed by atoms with van der Waals surface area (Å²) < 4.78 is 0. The summed E-state index contributed by atoms with van der Waals surface area (Å²) >= 11 is 0. The fourth-order valence-electron chi connectivity index (χ4n) is 2.26. The number of pyridine rings is 1. The molecule has 1 aromatic rings. The summed E-state index contributed by atoms with van der Waals surface area (Å²) in [5.41, 5.74) is 2.51. The molecule has 1 atom stereocenters. The highest BCUT2D eigenvalue weighted by molar-refractivity contribution is 5.17. The van der Waals surface area contributed by atoms with E-state index in [0.717, 1.165) is 26.2 Å². The van der Waals surface area contributed by atoms with Crippen molar-refractivity contribution in [3.8, 4) is 0 Å². The van der Waals surface area contributed by atoms with Crippen molar-refractivity contribution in [3.05, 3.63) is 29.6 Å². The van der Waals surface area contributed by atoms with Crippen LogP contribution in [0.2, 0.25) is 0 Å². The average Bonchev–Trinajstić information content (AvgIpc) is 2.29. The Hall–Kier alpha value is -0.930. The third-order valence-corrected chi connectivity index (χ3v) is 3.35. The van der Waals surface area contributed by atoms with Crippen LogP contribution in [0.25, 0.3) is 0 Å². The van der Waals surface area contributed by atoms with Crippen LogP contribution in [0.1, 0.15) is 37.9 Å². The molecule has 0 radical (unpaired) electrons. The van der Waals surface area contributed by atoms with Crippen molar-refractivity contribution < 1.29 is 0 Å². The number of hydrogen-bond donors (Lipinski definition) is 1. The van der Waals surface area contributed by atoms with E-state index >= 15 is 0 Å². The highest BCUT2D eigenvalue weighted by Crippen LogP contribution is 2.13. The maximum Gasteiger partial charge on any atom is 0.0544 e. The molecule has 1 aliphatic rings. The second-order valence-corrected chi connectivity index (χ2v) is 5.33. The molecule has 3 nitrogen and oxygen atoms in total. The summed E-state index contributed by atoms with van der Waals surface area (Å²) in [4.78, 5) is 7.03. The van der Waals surface area contributed by atoms with Crippen LogP contribution >= 0.6 is 0 Å². The van der Waals surface area contributed by atoms with E-state index in [9.17, 15) is 0 Å². The van der Waals surface area contributed by atoms with Crippen LogP contribution < -0.4 is 5.32 Å². The van der Waals surface area contributed by atoms with E-state index in [1.54, 1.807) is 0 Å². The Morgan fingerprint density at radius 3 is 2.88 bits per heavy atom. The van der Waals surface area contributed by atoms with E-state index in [-0.39, 0.29) is 0 Å². The highest BCUT2D eigenvalue weighted by Gasteiger charge is 2.15. The fourth-order valence-corrected chi connectivity index (χ4v) is 2.26. The first-order chi connectivity index (χ1) is 8.15. The van der Waals surface area contributed by atoms with Gasteiger partial charge in [-0.1, -0.05) is 19.9 Å². The Morgan fingerprint density at radius 2 is 2.29 bits per heavy atom. The molecule has 1 N–H and O–H groups in total. The highest BCUT2D eigenvalue weighted by atomic mass is 15.2. The van der Waals surface area contributed by atoms with Gasteiger partial charge in [-0.15, -0.1) is 0 Å². The predicted octanol–water partition coefficient (Wildman–Crippen LogP) is 2.00. The minimum Gasteiger partial charge on any atom is -0.312 e. The fraction of sp³-hybridized carbons (Fsp3) is 0.643. The smallest absolute Gasteiger partial charge is 0.0544 e. The van der Waals surface area contributed by atoms with Crippen LogP contribution in [-0.4, -0.2) is 35.6 Å². The lowest BCUT2D eigenvalue weighted by Crippen LogP contribution is -2.48. The summed E-state index contributed by atoms with van der Waals surface area (Å²) in [6.45, 7) is 11.0. The summed E-state index contributed by atoms with van der Waals surface area (Å²) in [5.74, 6) is 0.566. The molecule has 2 heterocycles. The van der Waals surface area contributed by atoms with Gasteiger partial charge in [0.1, 0.15) is 0 Å². The molecule has 0 aromatic carbocycles. The van der Waals surface area contributed by atoms with E-state index in [1.165, 1.54) is 11.3 Å². The molecule has 0 bridgehead atoms. The van der Waals surface area contributed by atoms with Gasteiger partial charge in [0.2, 0.25) is 0 Å². The molecule has 94 valence electrons. The summed E-state index contributed by atoms with van der Waals surface area (Å²) in [5, 5.41) is 3.46. The summed E-state index contributed by atoms with van der Waals surface area (Å²) in [7, 11) is 0. The van der Waals surface area contributed by atoms with Gasteiger partial charge in [0.25, 0.3) is 0 Å². The Balaban J connectivity index is 1.94. The van der Waals surface area contributed by atoms with Gasteiger partial charge >= 0.3 is 0 Å². The molecule has 0 spiro atoms. The minimum absolute atomic E-state index is 0.566. The average molecular weight is 233 g/mol. The molecule has 1 aliphatic heterocycles. The van der Waals surface area contributed by atoms with Gasteiger partial charge in [-0.2, -0.15) is 0 Å². The van der Waals surface area contributed by atoms with Crippen molar-refractivity contribution in [2.75, 3.05) is 19.6 Å². The Bertz CT molecular complexity index is 345. The third kappa shape index (κ3) is 3.51. The van der Waals surface area contributed by atoms with Crippen LogP contribution in [0.5, 0.6) is 0 Å². The zero-order valence-corrected chi connectivity index (χ0v) is 11.1. The molecule has 1 fully saturated rings. The quantitative estimate of drug-likeness (QED) is 0.865. The third-order valence-electron chi connectivity index (χ3n) is 3.35. The maximum absolute atomic E-state index is 4.56. The number of hydrogen-bond acceptors (Lipinski definition) is 3. The second kappa shape index (κ2) is 5.61. The molecule has 3 heteroatoms. The van der Waals surface area contributed by atoms with E-state index in [2.05, 4.69) is 48.1 Å². The van der Waals surface area contributed by atoms with Gasteiger partial charge in [-0.25, -0.2) is 0 Å². The largest absolute Gasteiger partial charge is 0.312 e. The summed E-state index contributed by atoms with van der Waals surface area (Å²) in [6, 6.07) is 4.97. The Labute approximate surface area is 104 Å². The van der Waals surface area contributed by atoms with Crippen molar-refractivity contribution in [2.24, 2.45) is 0 Å². The zero-order valence-electron chi connectivity index (χ0n) is 11.1. The van der Waals surface area contributed by atoms with Gasteiger partial charge in [-0.3, -0.25) is 9.88 Å².